The third kappa shape index (κ3) is 26.4. The fourth-order valence-corrected chi connectivity index (χ4v) is 8.66. The van der Waals surface area contributed by atoms with Crippen molar-refractivity contribution in [3.63, 3.8) is 0 Å². The molecular formula is C48H93NO4. The first-order chi connectivity index (χ1) is 25.9. The highest BCUT2D eigenvalue weighted by Crippen LogP contribution is 2.40. The smallest absolute Gasteiger partial charge is 0.308 e. The third-order valence-corrected chi connectivity index (χ3v) is 12.3. The van der Waals surface area contributed by atoms with E-state index >= 15 is 0 Å². The van der Waals surface area contributed by atoms with E-state index < -0.39 is 0 Å². The minimum atomic E-state index is 0.0705. The summed E-state index contributed by atoms with van der Waals surface area (Å²) in [7, 11) is 0. The van der Waals surface area contributed by atoms with Gasteiger partial charge in [0.2, 0.25) is 0 Å². The minimum absolute atomic E-state index is 0.0705. The van der Waals surface area contributed by atoms with Crippen LogP contribution in [0.5, 0.6) is 0 Å². The molecule has 0 aromatic heterocycles. The molecule has 0 saturated carbocycles. The highest BCUT2D eigenvalue weighted by molar-refractivity contribution is 5.72. The van der Waals surface area contributed by atoms with E-state index in [9.17, 15) is 9.59 Å². The number of unbranched alkanes of at least 4 members (excludes halogenated alkanes) is 19. The van der Waals surface area contributed by atoms with Crippen LogP contribution in [-0.2, 0) is 19.1 Å². The number of esters is 2. The molecule has 0 bridgehead atoms. The summed E-state index contributed by atoms with van der Waals surface area (Å²) < 4.78 is 11.9. The van der Waals surface area contributed by atoms with Crippen LogP contribution in [0.3, 0.4) is 0 Å². The number of likely N-dealkylation sites (tertiary alicyclic amines) is 1. The van der Waals surface area contributed by atoms with Crippen molar-refractivity contribution in [1.29, 1.82) is 0 Å². The van der Waals surface area contributed by atoms with Gasteiger partial charge in [-0.1, -0.05) is 169 Å². The molecule has 0 amide bonds. The second-order valence-corrected chi connectivity index (χ2v) is 17.3. The molecule has 1 fully saturated rings. The fraction of sp³-hybridized carbons (Fsp3) is 0.958. The van der Waals surface area contributed by atoms with Crippen LogP contribution in [0, 0.1) is 17.3 Å². The van der Waals surface area contributed by atoms with Crippen LogP contribution in [-0.4, -0.2) is 49.7 Å². The number of ether oxygens (including phenoxy) is 2. The lowest BCUT2D eigenvalue weighted by atomic mass is 9.77. The summed E-state index contributed by atoms with van der Waals surface area (Å²) in [6.07, 6.45) is 39.4. The zero-order valence-corrected chi connectivity index (χ0v) is 36.6. The van der Waals surface area contributed by atoms with E-state index in [0.717, 1.165) is 77.0 Å². The molecule has 0 aromatic rings. The summed E-state index contributed by atoms with van der Waals surface area (Å²) in [5, 5.41) is 0. The van der Waals surface area contributed by atoms with Crippen LogP contribution >= 0.6 is 0 Å². The van der Waals surface area contributed by atoms with Crippen molar-refractivity contribution in [2.45, 2.75) is 247 Å². The molecule has 53 heavy (non-hydrogen) atoms. The maximum atomic E-state index is 13.2. The topological polar surface area (TPSA) is 55.8 Å². The van der Waals surface area contributed by atoms with Gasteiger partial charge in [-0.2, -0.15) is 0 Å². The van der Waals surface area contributed by atoms with E-state index in [1.165, 1.54) is 154 Å². The molecule has 1 rings (SSSR count). The molecule has 314 valence electrons. The second kappa shape index (κ2) is 35.3. The van der Waals surface area contributed by atoms with Gasteiger partial charge in [0, 0.05) is 6.54 Å². The van der Waals surface area contributed by atoms with Crippen molar-refractivity contribution in [1.82, 2.24) is 4.90 Å². The lowest BCUT2D eigenvalue weighted by Crippen LogP contribution is -2.28. The van der Waals surface area contributed by atoms with Crippen molar-refractivity contribution in [3.8, 4) is 0 Å². The van der Waals surface area contributed by atoms with E-state index in [1.54, 1.807) is 0 Å². The van der Waals surface area contributed by atoms with Crippen molar-refractivity contribution < 1.29 is 19.1 Å². The van der Waals surface area contributed by atoms with Crippen molar-refractivity contribution in [3.05, 3.63) is 0 Å². The average Bonchev–Trinajstić information content (AvgIpc) is 3.57. The Hall–Kier alpha value is -1.10. The van der Waals surface area contributed by atoms with Crippen LogP contribution < -0.4 is 0 Å². The molecular weight excluding hydrogens is 655 g/mol. The molecule has 0 radical (unpaired) electrons. The average molecular weight is 748 g/mol. The second-order valence-electron chi connectivity index (χ2n) is 17.3. The normalized spacial score (nSPS) is 17.3. The van der Waals surface area contributed by atoms with Gasteiger partial charge < -0.3 is 14.4 Å². The van der Waals surface area contributed by atoms with Crippen molar-refractivity contribution in [2.24, 2.45) is 17.3 Å². The lowest BCUT2D eigenvalue weighted by molar-refractivity contribution is -0.150. The van der Waals surface area contributed by atoms with Crippen LogP contribution in [0.4, 0.5) is 0 Å². The Morgan fingerprint density at radius 1 is 0.472 bits per heavy atom. The van der Waals surface area contributed by atoms with Gasteiger partial charge in [-0.15, -0.1) is 0 Å². The zero-order valence-electron chi connectivity index (χ0n) is 36.6. The van der Waals surface area contributed by atoms with Crippen molar-refractivity contribution >= 4 is 11.9 Å². The van der Waals surface area contributed by atoms with Gasteiger partial charge in [-0.3, -0.25) is 9.59 Å². The first-order valence-electron chi connectivity index (χ1n) is 24.0. The van der Waals surface area contributed by atoms with Crippen molar-refractivity contribution in [2.75, 3.05) is 32.8 Å². The predicted molar refractivity (Wildman–Crippen MR) is 229 cm³/mol. The molecule has 0 aromatic carbocycles. The van der Waals surface area contributed by atoms with Crippen LogP contribution in [0.15, 0.2) is 0 Å². The highest BCUT2D eigenvalue weighted by atomic mass is 16.5. The van der Waals surface area contributed by atoms with Crippen LogP contribution in [0.25, 0.3) is 0 Å². The molecule has 0 aliphatic carbocycles. The Balaban J connectivity index is 2.56. The summed E-state index contributed by atoms with van der Waals surface area (Å²) >= 11 is 0. The predicted octanol–water partition coefficient (Wildman–Crippen LogP) is 14.6. The summed E-state index contributed by atoms with van der Waals surface area (Å²) in [6.45, 7) is 16.1. The summed E-state index contributed by atoms with van der Waals surface area (Å²) in [6, 6.07) is 0. The Morgan fingerprint density at radius 3 is 1.23 bits per heavy atom. The van der Waals surface area contributed by atoms with Crippen LogP contribution in [0.2, 0.25) is 0 Å². The van der Waals surface area contributed by atoms with E-state index in [-0.39, 0.29) is 23.8 Å². The molecule has 1 aliphatic rings. The summed E-state index contributed by atoms with van der Waals surface area (Å²) in [4.78, 5) is 29.1. The molecule has 5 heteroatoms. The van der Waals surface area contributed by atoms with Gasteiger partial charge in [-0.25, -0.2) is 0 Å². The van der Waals surface area contributed by atoms with Gasteiger partial charge in [0.05, 0.1) is 25.0 Å². The number of hydrogen-bond donors (Lipinski definition) is 0. The Bertz CT molecular complexity index is 776. The van der Waals surface area contributed by atoms with Gasteiger partial charge >= 0.3 is 11.9 Å². The first kappa shape index (κ1) is 49.9. The SMILES string of the molecule is CCCCCCCCC(CCCCCC)C(=O)OCCCCC1(CCCCOC(=O)C(CCCCCC)CCCCCCCC)CCN(CCCC)C1. The highest BCUT2D eigenvalue weighted by Gasteiger charge is 2.36. The van der Waals surface area contributed by atoms with Gasteiger partial charge in [0.1, 0.15) is 0 Å². The lowest BCUT2D eigenvalue weighted by Gasteiger charge is -2.30. The van der Waals surface area contributed by atoms with Gasteiger partial charge in [0.25, 0.3) is 0 Å². The van der Waals surface area contributed by atoms with E-state index in [2.05, 4.69) is 39.5 Å². The molecule has 0 N–H and O–H groups in total. The first-order valence-corrected chi connectivity index (χ1v) is 24.0. The molecule has 1 heterocycles. The summed E-state index contributed by atoms with van der Waals surface area (Å²) in [5.41, 5.74) is 0.348. The number of rotatable bonds is 39. The molecule has 5 nitrogen and oxygen atoms in total. The quantitative estimate of drug-likeness (QED) is 0.0463. The van der Waals surface area contributed by atoms with E-state index in [0.29, 0.717) is 18.6 Å². The third-order valence-electron chi connectivity index (χ3n) is 12.3. The Kier molecular flexibility index (Phi) is 33.3. The monoisotopic (exact) mass is 748 g/mol. The zero-order chi connectivity index (χ0) is 38.7. The number of nitrogens with zero attached hydrogens (tertiary/aromatic N) is 1. The minimum Gasteiger partial charge on any atom is -0.465 e. The number of hydrogen-bond acceptors (Lipinski definition) is 5. The van der Waals surface area contributed by atoms with Gasteiger partial charge in [-0.05, 0) is 95.6 Å². The molecule has 2 unspecified atom stereocenters. The molecule has 0 spiro atoms. The van der Waals surface area contributed by atoms with E-state index in [1.807, 2.05) is 0 Å². The Labute approximate surface area is 331 Å². The fourth-order valence-electron chi connectivity index (χ4n) is 8.66. The van der Waals surface area contributed by atoms with Gasteiger partial charge in [0.15, 0.2) is 0 Å². The molecule has 1 aliphatic heterocycles. The number of carbonyl (C=O) groups is 2. The molecule has 2 atom stereocenters. The van der Waals surface area contributed by atoms with E-state index in [4.69, 9.17) is 9.47 Å². The maximum absolute atomic E-state index is 13.2. The standard InChI is InChI=1S/C48H93NO4/c1-6-11-16-20-22-26-34-44(32-24-18-13-8-3)46(50)52-41-30-28-36-48(38-40-49(43-48)39-15-10-5)37-29-31-42-53-47(51)45(33-25-19-14-9-4)35-27-23-21-17-12-7-2/h44-45H,6-43H2,1-5H3. The number of carbonyl (C=O) groups excluding carboxylic acids is 2. The largest absolute Gasteiger partial charge is 0.465 e. The maximum Gasteiger partial charge on any atom is 0.308 e. The van der Waals surface area contributed by atoms with Crippen LogP contribution in [0.1, 0.15) is 247 Å². The molecule has 1 saturated heterocycles. The Morgan fingerprint density at radius 2 is 0.830 bits per heavy atom. The summed E-state index contributed by atoms with van der Waals surface area (Å²) in [5.74, 6) is 0.321.